The number of ketones is 1. The lowest BCUT2D eigenvalue weighted by Crippen LogP contribution is -2.16. The Kier molecular flexibility index (Phi) is 6.37. The minimum atomic E-state index is -0.402. The Bertz CT molecular complexity index is 757. The standard InChI is InChI=1S/C23H24O3/c24-22(19-12-6-2-7-13-19)21(16-18-10-4-1-5-11-18)17-26-23(25)20-14-8-3-9-15-20/h2-3,6-9,12-16,18H,1,4-5,10-11,17H2/b21-16+. The Morgan fingerprint density at radius 1 is 0.846 bits per heavy atom. The van der Waals surface area contributed by atoms with Gasteiger partial charge in [0.2, 0.25) is 0 Å². The Hall–Kier alpha value is -2.68. The molecule has 2 aromatic rings. The van der Waals surface area contributed by atoms with Crippen molar-refractivity contribution < 1.29 is 14.3 Å². The Balaban J connectivity index is 1.75. The normalized spacial score (nSPS) is 15.5. The summed E-state index contributed by atoms with van der Waals surface area (Å²) in [7, 11) is 0. The molecule has 1 fully saturated rings. The number of rotatable bonds is 6. The van der Waals surface area contributed by atoms with E-state index in [1.165, 1.54) is 19.3 Å². The van der Waals surface area contributed by atoms with Gasteiger partial charge in [0, 0.05) is 11.1 Å². The van der Waals surface area contributed by atoms with E-state index in [0.29, 0.717) is 22.6 Å². The van der Waals surface area contributed by atoms with Gasteiger partial charge < -0.3 is 4.74 Å². The molecule has 1 aliphatic carbocycles. The molecule has 0 aromatic heterocycles. The summed E-state index contributed by atoms with van der Waals surface area (Å²) in [5.41, 5.74) is 1.70. The van der Waals surface area contributed by atoms with Crippen LogP contribution >= 0.6 is 0 Å². The number of allylic oxidation sites excluding steroid dienone is 1. The van der Waals surface area contributed by atoms with Crippen LogP contribution in [0.15, 0.2) is 72.3 Å². The van der Waals surface area contributed by atoms with Crippen LogP contribution in [-0.4, -0.2) is 18.4 Å². The molecule has 0 saturated heterocycles. The van der Waals surface area contributed by atoms with Crippen molar-refractivity contribution >= 4 is 11.8 Å². The smallest absolute Gasteiger partial charge is 0.338 e. The van der Waals surface area contributed by atoms with Crippen molar-refractivity contribution in [1.29, 1.82) is 0 Å². The Morgan fingerprint density at radius 2 is 1.42 bits per heavy atom. The number of ether oxygens (including phenoxy) is 1. The number of esters is 1. The molecular formula is C23H24O3. The number of Topliss-reactive ketones (excluding diaryl/α,β-unsaturated/α-hetero) is 1. The largest absolute Gasteiger partial charge is 0.457 e. The SMILES string of the molecule is O=C(OC/C(=C\C1CCCCC1)C(=O)c1ccccc1)c1ccccc1. The van der Waals surface area contributed by atoms with Gasteiger partial charge >= 0.3 is 5.97 Å². The highest BCUT2D eigenvalue weighted by molar-refractivity contribution is 6.09. The maximum Gasteiger partial charge on any atom is 0.338 e. The van der Waals surface area contributed by atoms with Crippen molar-refractivity contribution in [2.45, 2.75) is 32.1 Å². The van der Waals surface area contributed by atoms with Crippen LogP contribution < -0.4 is 0 Å². The summed E-state index contributed by atoms with van der Waals surface area (Å²) in [6, 6.07) is 18.1. The minimum Gasteiger partial charge on any atom is -0.457 e. The summed E-state index contributed by atoms with van der Waals surface area (Å²) in [5.74, 6) is -0.0696. The van der Waals surface area contributed by atoms with E-state index in [1.54, 1.807) is 36.4 Å². The number of benzene rings is 2. The van der Waals surface area contributed by atoms with Crippen molar-refractivity contribution in [1.82, 2.24) is 0 Å². The molecule has 0 spiro atoms. The highest BCUT2D eigenvalue weighted by Crippen LogP contribution is 2.26. The predicted octanol–water partition coefficient (Wildman–Crippen LogP) is 5.23. The van der Waals surface area contributed by atoms with Crippen LogP contribution in [0.2, 0.25) is 0 Å². The summed E-state index contributed by atoms with van der Waals surface area (Å²) < 4.78 is 5.45. The molecule has 0 atom stereocenters. The van der Waals surface area contributed by atoms with E-state index < -0.39 is 5.97 Å². The molecule has 26 heavy (non-hydrogen) atoms. The first-order chi connectivity index (χ1) is 12.7. The average Bonchev–Trinajstić information content (AvgIpc) is 2.72. The molecule has 3 heteroatoms. The van der Waals surface area contributed by atoms with Gasteiger partial charge in [0.05, 0.1) is 5.56 Å². The van der Waals surface area contributed by atoms with Gasteiger partial charge in [0.1, 0.15) is 6.61 Å². The van der Waals surface area contributed by atoms with Gasteiger partial charge in [-0.05, 0) is 30.9 Å². The van der Waals surface area contributed by atoms with Gasteiger partial charge in [-0.15, -0.1) is 0 Å². The number of carbonyl (C=O) groups is 2. The third kappa shape index (κ3) is 4.92. The lowest BCUT2D eigenvalue weighted by atomic mass is 9.87. The van der Waals surface area contributed by atoms with E-state index in [2.05, 4.69) is 0 Å². The summed E-state index contributed by atoms with van der Waals surface area (Å²) in [5, 5.41) is 0. The molecular weight excluding hydrogens is 324 g/mol. The molecule has 0 radical (unpaired) electrons. The zero-order chi connectivity index (χ0) is 18.2. The molecule has 1 aliphatic rings. The van der Waals surface area contributed by atoms with Crippen LogP contribution in [-0.2, 0) is 4.74 Å². The first kappa shape index (κ1) is 18.1. The fourth-order valence-electron chi connectivity index (χ4n) is 3.35. The molecule has 0 heterocycles. The first-order valence-electron chi connectivity index (χ1n) is 9.26. The van der Waals surface area contributed by atoms with Crippen LogP contribution in [0.5, 0.6) is 0 Å². The van der Waals surface area contributed by atoms with E-state index in [4.69, 9.17) is 4.74 Å². The topological polar surface area (TPSA) is 43.4 Å². The van der Waals surface area contributed by atoms with Gasteiger partial charge in [-0.25, -0.2) is 4.79 Å². The highest BCUT2D eigenvalue weighted by Gasteiger charge is 2.19. The minimum absolute atomic E-state index is 0.0119. The lowest BCUT2D eigenvalue weighted by Gasteiger charge is -2.19. The summed E-state index contributed by atoms with van der Waals surface area (Å²) in [6.45, 7) is 0.0119. The van der Waals surface area contributed by atoms with Crippen LogP contribution in [0.3, 0.4) is 0 Å². The van der Waals surface area contributed by atoms with E-state index >= 15 is 0 Å². The average molecular weight is 348 g/mol. The number of hydrogen-bond donors (Lipinski definition) is 0. The van der Waals surface area contributed by atoms with Crippen LogP contribution in [0, 0.1) is 5.92 Å². The second kappa shape index (κ2) is 9.14. The third-order valence-corrected chi connectivity index (χ3v) is 4.78. The molecule has 0 amide bonds. The molecule has 3 rings (SSSR count). The zero-order valence-electron chi connectivity index (χ0n) is 14.9. The second-order valence-corrected chi connectivity index (χ2v) is 6.73. The van der Waals surface area contributed by atoms with Crippen LogP contribution in [0.4, 0.5) is 0 Å². The summed E-state index contributed by atoms with van der Waals surface area (Å²) in [6.07, 6.45) is 7.87. The van der Waals surface area contributed by atoms with Crippen molar-refractivity contribution in [2.75, 3.05) is 6.61 Å². The molecule has 134 valence electrons. The molecule has 2 aromatic carbocycles. The molecule has 0 N–H and O–H groups in total. The van der Waals surface area contributed by atoms with Crippen molar-refractivity contribution in [3.8, 4) is 0 Å². The van der Waals surface area contributed by atoms with E-state index in [0.717, 1.165) is 12.8 Å². The molecule has 1 saturated carbocycles. The van der Waals surface area contributed by atoms with Gasteiger partial charge in [0.15, 0.2) is 5.78 Å². The van der Waals surface area contributed by atoms with Crippen molar-refractivity contribution in [3.63, 3.8) is 0 Å². The Morgan fingerprint density at radius 3 is 2.04 bits per heavy atom. The first-order valence-corrected chi connectivity index (χ1v) is 9.26. The fourth-order valence-corrected chi connectivity index (χ4v) is 3.35. The maximum absolute atomic E-state index is 12.9. The second-order valence-electron chi connectivity index (χ2n) is 6.73. The maximum atomic E-state index is 12.9. The van der Waals surface area contributed by atoms with E-state index in [1.807, 2.05) is 30.3 Å². The van der Waals surface area contributed by atoms with Crippen molar-refractivity contribution in [3.05, 3.63) is 83.4 Å². The summed E-state index contributed by atoms with van der Waals surface area (Å²) >= 11 is 0. The molecule has 3 nitrogen and oxygen atoms in total. The van der Waals surface area contributed by atoms with E-state index in [-0.39, 0.29) is 12.4 Å². The zero-order valence-corrected chi connectivity index (χ0v) is 14.9. The monoisotopic (exact) mass is 348 g/mol. The number of carbonyl (C=O) groups excluding carboxylic acids is 2. The predicted molar refractivity (Wildman–Crippen MR) is 102 cm³/mol. The van der Waals surface area contributed by atoms with Gasteiger partial charge in [0.25, 0.3) is 0 Å². The van der Waals surface area contributed by atoms with Crippen LogP contribution in [0.25, 0.3) is 0 Å². The van der Waals surface area contributed by atoms with Crippen molar-refractivity contribution in [2.24, 2.45) is 5.92 Å². The quantitative estimate of drug-likeness (QED) is 0.408. The lowest BCUT2D eigenvalue weighted by molar-refractivity contribution is 0.0536. The van der Waals surface area contributed by atoms with E-state index in [9.17, 15) is 9.59 Å². The summed E-state index contributed by atoms with van der Waals surface area (Å²) in [4.78, 5) is 25.1. The third-order valence-electron chi connectivity index (χ3n) is 4.78. The Labute approximate surface area is 154 Å². The molecule has 0 aliphatic heterocycles. The molecule has 0 unspecified atom stereocenters. The molecule has 0 bridgehead atoms. The van der Waals surface area contributed by atoms with Gasteiger partial charge in [-0.2, -0.15) is 0 Å². The number of hydrogen-bond acceptors (Lipinski definition) is 3. The van der Waals surface area contributed by atoms with Crippen LogP contribution in [0.1, 0.15) is 52.8 Å². The fraction of sp³-hybridized carbons (Fsp3) is 0.304. The van der Waals surface area contributed by atoms with Gasteiger partial charge in [-0.1, -0.05) is 73.9 Å². The highest BCUT2D eigenvalue weighted by atomic mass is 16.5. The van der Waals surface area contributed by atoms with Gasteiger partial charge in [-0.3, -0.25) is 4.79 Å².